The lowest BCUT2D eigenvalue weighted by atomic mass is 9.91. The summed E-state index contributed by atoms with van der Waals surface area (Å²) in [5, 5.41) is 0. The van der Waals surface area contributed by atoms with Gasteiger partial charge >= 0.3 is 0 Å². The molecule has 4 aromatic rings. The second-order valence-corrected chi connectivity index (χ2v) is 15.4. The van der Waals surface area contributed by atoms with Gasteiger partial charge in [-0.15, -0.1) is 0 Å². The fourth-order valence-electron chi connectivity index (χ4n) is 5.93. The Kier molecular flexibility index (Phi) is 19.1. The van der Waals surface area contributed by atoms with Crippen LogP contribution in [0.15, 0.2) is 84.0 Å². The van der Waals surface area contributed by atoms with Crippen molar-refractivity contribution < 1.29 is 0 Å². The highest BCUT2D eigenvalue weighted by Gasteiger charge is 2.11. The van der Waals surface area contributed by atoms with Gasteiger partial charge in [0.15, 0.2) is 0 Å². The molecule has 270 valence electrons. The molecule has 0 aliphatic rings. The summed E-state index contributed by atoms with van der Waals surface area (Å²) in [5.41, 5.74) is 9.64. The topological polar surface area (TPSA) is 47.8 Å². The maximum absolute atomic E-state index is 11.5. The van der Waals surface area contributed by atoms with Crippen molar-refractivity contribution in [1.82, 2.24) is 14.5 Å². The van der Waals surface area contributed by atoms with E-state index in [-0.39, 0.29) is 11.6 Å². The van der Waals surface area contributed by atoms with E-state index in [9.17, 15) is 4.79 Å². The summed E-state index contributed by atoms with van der Waals surface area (Å²) in [7, 11) is 0. The first kappa shape index (κ1) is 43.5. The molecule has 4 heteroatoms. The molecule has 0 N–H and O–H groups in total. The number of hydrogen-bond donors (Lipinski definition) is 0. The Balaban J connectivity index is 0.000000327. The van der Waals surface area contributed by atoms with E-state index in [2.05, 4.69) is 143 Å². The molecule has 0 unspecified atom stereocenters. The van der Waals surface area contributed by atoms with Gasteiger partial charge < -0.3 is 4.57 Å². The maximum Gasteiger partial charge on any atom is 0.250 e. The molecule has 1 aromatic carbocycles. The number of pyridine rings is 3. The van der Waals surface area contributed by atoms with Crippen LogP contribution in [0.1, 0.15) is 197 Å². The smallest absolute Gasteiger partial charge is 0.250 e. The zero-order valence-electron chi connectivity index (χ0n) is 33.9. The lowest BCUT2D eigenvalue weighted by molar-refractivity contribution is 0.535. The minimum absolute atomic E-state index is 0.0983. The van der Waals surface area contributed by atoms with Crippen LogP contribution in [-0.2, 0) is 0 Å². The van der Waals surface area contributed by atoms with Crippen LogP contribution in [0, 0.1) is 0 Å². The van der Waals surface area contributed by atoms with Crippen LogP contribution in [0.2, 0.25) is 0 Å². The van der Waals surface area contributed by atoms with Crippen LogP contribution in [-0.4, -0.2) is 14.5 Å². The molecular weight excluding hydrogens is 599 g/mol. The van der Waals surface area contributed by atoms with Gasteiger partial charge in [0, 0.05) is 42.1 Å². The Morgan fingerprint density at radius 1 is 0.449 bits per heavy atom. The maximum atomic E-state index is 11.5. The standard InChI is InChI=1S/C12H18.C11H17NO.2C11H17N/c1-9(2)11-7-5-6-8-12(11)10(3)4;1-8(2)10-6-5-7-11(13)12(10)9(3)4;1-8(2)10-5-6-12-7-11(10)9(3)4;1-8(2)10-6-5-7-12-11(10)9(3)4/h5-10H,1-4H3;5-9H,1-4H3;2*5-9H,1-4H3. The van der Waals surface area contributed by atoms with E-state index >= 15 is 0 Å². The molecule has 0 aliphatic carbocycles. The van der Waals surface area contributed by atoms with Crippen molar-refractivity contribution in [1.29, 1.82) is 0 Å². The number of aromatic nitrogens is 3. The SMILES string of the molecule is CC(C)c1cccc(=O)n1C(C)C.CC(C)c1ccccc1C(C)C.CC(C)c1cccnc1C(C)C.CC(C)c1ccncc1C(C)C. The lowest BCUT2D eigenvalue weighted by Gasteiger charge is -2.18. The Morgan fingerprint density at radius 3 is 1.29 bits per heavy atom. The third-order valence-corrected chi connectivity index (χ3v) is 8.54. The van der Waals surface area contributed by atoms with Crippen molar-refractivity contribution in [2.75, 3.05) is 0 Å². The van der Waals surface area contributed by atoms with Crippen molar-refractivity contribution in [3.8, 4) is 0 Å². The molecule has 0 saturated carbocycles. The van der Waals surface area contributed by atoms with Crippen molar-refractivity contribution in [2.24, 2.45) is 0 Å². The molecule has 0 radical (unpaired) electrons. The van der Waals surface area contributed by atoms with Gasteiger partial charge in [-0.3, -0.25) is 14.8 Å². The van der Waals surface area contributed by atoms with Crippen LogP contribution >= 0.6 is 0 Å². The first-order valence-electron chi connectivity index (χ1n) is 18.6. The molecule has 3 heterocycles. The summed E-state index contributed by atoms with van der Waals surface area (Å²) in [5.74, 6) is 3.98. The van der Waals surface area contributed by atoms with E-state index in [1.54, 1.807) is 6.07 Å². The number of hydrogen-bond acceptors (Lipinski definition) is 3. The molecule has 0 atom stereocenters. The average Bonchev–Trinajstić information content (AvgIpc) is 3.05. The minimum atomic E-state index is 0.0983. The van der Waals surface area contributed by atoms with Gasteiger partial charge in [0.05, 0.1) is 0 Å². The summed E-state index contributed by atoms with van der Waals surface area (Å²) in [6.45, 7) is 35.0. The number of nitrogens with zero attached hydrogens (tertiary/aromatic N) is 3. The zero-order valence-corrected chi connectivity index (χ0v) is 33.9. The summed E-state index contributed by atoms with van der Waals surface area (Å²) in [6, 6.07) is 20.7. The molecule has 4 nitrogen and oxygen atoms in total. The fourth-order valence-corrected chi connectivity index (χ4v) is 5.93. The predicted octanol–water partition coefficient (Wildman–Crippen LogP) is 13.1. The molecule has 49 heavy (non-hydrogen) atoms. The van der Waals surface area contributed by atoms with Crippen molar-refractivity contribution in [2.45, 2.75) is 158 Å². The second-order valence-electron chi connectivity index (χ2n) is 15.4. The minimum Gasteiger partial charge on any atom is -0.310 e. The Hall–Kier alpha value is -3.53. The van der Waals surface area contributed by atoms with E-state index in [4.69, 9.17) is 0 Å². The normalized spacial score (nSPS) is 11.2. The summed E-state index contributed by atoms with van der Waals surface area (Å²) in [6.07, 6.45) is 5.74. The monoisotopic (exact) mass is 668 g/mol. The summed E-state index contributed by atoms with van der Waals surface area (Å²) >= 11 is 0. The summed E-state index contributed by atoms with van der Waals surface area (Å²) in [4.78, 5) is 20.1. The van der Waals surface area contributed by atoms with E-state index in [1.165, 1.54) is 33.5 Å². The van der Waals surface area contributed by atoms with Crippen molar-refractivity contribution >= 4 is 0 Å². The molecular formula is C45H69N3O. The van der Waals surface area contributed by atoms with E-state index in [0.29, 0.717) is 41.4 Å². The van der Waals surface area contributed by atoms with E-state index in [0.717, 1.165) is 5.69 Å². The van der Waals surface area contributed by atoms with E-state index in [1.807, 2.05) is 55.2 Å². The molecule has 4 rings (SSSR count). The van der Waals surface area contributed by atoms with Crippen LogP contribution in [0.3, 0.4) is 0 Å². The Labute approximate surface area is 300 Å². The van der Waals surface area contributed by atoms with Gasteiger partial charge in [0.1, 0.15) is 0 Å². The largest absolute Gasteiger partial charge is 0.310 e. The lowest BCUT2D eigenvalue weighted by Crippen LogP contribution is -2.24. The van der Waals surface area contributed by atoms with Gasteiger partial charge in [-0.05, 0) is 101 Å². The van der Waals surface area contributed by atoms with Gasteiger partial charge in [-0.25, -0.2) is 0 Å². The summed E-state index contributed by atoms with van der Waals surface area (Å²) < 4.78 is 1.85. The third kappa shape index (κ3) is 14.1. The second kappa shape index (κ2) is 21.5. The van der Waals surface area contributed by atoms with Gasteiger partial charge in [-0.2, -0.15) is 0 Å². The van der Waals surface area contributed by atoms with Gasteiger partial charge in [0.25, 0.3) is 5.56 Å². The highest BCUT2D eigenvalue weighted by atomic mass is 16.1. The van der Waals surface area contributed by atoms with Gasteiger partial charge in [0.2, 0.25) is 0 Å². The molecule has 3 aromatic heterocycles. The quantitative estimate of drug-likeness (QED) is 0.188. The molecule has 0 amide bonds. The molecule has 0 bridgehead atoms. The zero-order chi connectivity index (χ0) is 37.4. The van der Waals surface area contributed by atoms with Crippen LogP contribution in [0.25, 0.3) is 0 Å². The number of benzene rings is 1. The highest BCUT2D eigenvalue weighted by Crippen LogP contribution is 2.26. The van der Waals surface area contributed by atoms with Gasteiger partial charge in [-0.1, -0.05) is 133 Å². The highest BCUT2D eigenvalue weighted by molar-refractivity contribution is 5.32. The molecule has 0 aliphatic heterocycles. The van der Waals surface area contributed by atoms with Crippen LogP contribution < -0.4 is 5.56 Å². The first-order chi connectivity index (χ1) is 22.9. The molecule has 0 fully saturated rings. The predicted molar refractivity (Wildman–Crippen MR) is 215 cm³/mol. The molecule has 0 saturated heterocycles. The number of rotatable bonds is 8. The van der Waals surface area contributed by atoms with Crippen molar-refractivity contribution in [3.63, 3.8) is 0 Å². The van der Waals surface area contributed by atoms with Crippen molar-refractivity contribution in [3.05, 3.63) is 129 Å². The van der Waals surface area contributed by atoms with Crippen LogP contribution in [0.4, 0.5) is 0 Å². The van der Waals surface area contributed by atoms with Crippen LogP contribution in [0.5, 0.6) is 0 Å². The fraction of sp³-hybridized carbons (Fsp3) is 0.533. The first-order valence-corrected chi connectivity index (χ1v) is 18.6. The average molecular weight is 668 g/mol. The Morgan fingerprint density at radius 2 is 0.918 bits per heavy atom. The van der Waals surface area contributed by atoms with E-state index < -0.39 is 0 Å². The third-order valence-electron chi connectivity index (χ3n) is 8.54. The Bertz CT molecular complexity index is 1340. The molecule has 0 spiro atoms.